The molecule has 2 aromatic carbocycles. The fourth-order valence-electron chi connectivity index (χ4n) is 2.31. The zero-order chi connectivity index (χ0) is 13.8. The highest BCUT2D eigenvalue weighted by Crippen LogP contribution is 2.30. The summed E-state index contributed by atoms with van der Waals surface area (Å²) in [4.78, 5) is 0. The van der Waals surface area contributed by atoms with Gasteiger partial charge in [0.2, 0.25) is 0 Å². The molecule has 3 rings (SSSR count). The summed E-state index contributed by atoms with van der Waals surface area (Å²) in [5.74, 6) is 0. The number of aromatic nitrogens is 3. The summed E-state index contributed by atoms with van der Waals surface area (Å²) in [5, 5.41) is 20.4. The molecular weight excluding hydrogens is 250 g/mol. The number of hydrogen-bond acceptors (Lipinski definition) is 3. The van der Waals surface area contributed by atoms with Crippen LogP contribution in [0.25, 0.3) is 22.5 Å². The van der Waals surface area contributed by atoms with Gasteiger partial charge in [-0.1, -0.05) is 54.6 Å². The van der Waals surface area contributed by atoms with Crippen LogP contribution in [0.1, 0.15) is 5.56 Å². The number of benzene rings is 2. The molecule has 0 amide bonds. The lowest BCUT2D eigenvalue weighted by Crippen LogP contribution is -1.95. The van der Waals surface area contributed by atoms with Crippen LogP contribution in [-0.2, 0) is 6.42 Å². The Bertz CT molecular complexity index is 692. The molecule has 0 saturated heterocycles. The summed E-state index contributed by atoms with van der Waals surface area (Å²) >= 11 is 0. The maximum absolute atomic E-state index is 9.18. The largest absolute Gasteiger partial charge is 0.396 e. The van der Waals surface area contributed by atoms with Crippen molar-refractivity contribution in [1.29, 1.82) is 0 Å². The summed E-state index contributed by atoms with van der Waals surface area (Å²) < 4.78 is 0. The van der Waals surface area contributed by atoms with Crippen LogP contribution in [0.4, 0.5) is 0 Å². The van der Waals surface area contributed by atoms with Gasteiger partial charge in [-0.15, -0.1) is 0 Å². The molecule has 0 aliphatic heterocycles. The van der Waals surface area contributed by atoms with E-state index in [1.807, 2.05) is 54.6 Å². The molecule has 1 heterocycles. The van der Waals surface area contributed by atoms with Gasteiger partial charge in [-0.2, -0.15) is 15.4 Å². The van der Waals surface area contributed by atoms with Crippen LogP contribution in [-0.4, -0.2) is 27.1 Å². The zero-order valence-electron chi connectivity index (χ0n) is 11.0. The lowest BCUT2D eigenvalue weighted by Gasteiger charge is -2.07. The Balaban J connectivity index is 2.11. The smallest absolute Gasteiger partial charge is 0.121 e. The molecule has 4 heteroatoms. The van der Waals surface area contributed by atoms with Crippen molar-refractivity contribution >= 4 is 0 Å². The Kier molecular flexibility index (Phi) is 3.56. The standard InChI is InChI=1S/C16H15N3O/c20-11-10-12-6-4-5-9-14(12)16-15(17-19-18-16)13-7-2-1-3-8-13/h1-9,20H,10-11H2,(H,17,18,19). The zero-order valence-corrected chi connectivity index (χ0v) is 11.0. The Morgan fingerprint density at radius 1 is 0.850 bits per heavy atom. The summed E-state index contributed by atoms with van der Waals surface area (Å²) in [6.45, 7) is 0.121. The minimum absolute atomic E-state index is 0.121. The second-order valence-corrected chi connectivity index (χ2v) is 4.52. The van der Waals surface area contributed by atoms with Crippen molar-refractivity contribution in [1.82, 2.24) is 15.4 Å². The van der Waals surface area contributed by atoms with Crippen molar-refractivity contribution in [3.05, 3.63) is 60.2 Å². The van der Waals surface area contributed by atoms with Crippen LogP contribution in [0.5, 0.6) is 0 Å². The van der Waals surface area contributed by atoms with E-state index >= 15 is 0 Å². The Morgan fingerprint density at radius 3 is 2.35 bits per heavy atom. The quantitative estimate of drug-likeness (QED) is 0.762. The Hall–Kier alpha value is -2.46. The summed E-state index contributed by atoms with van der Waals surface area (Å²) in [6.07, 6.45) is 0.608. The van der Waals surface area contributed by atoms with E-state index in [0.717, 1.165) is 28.1 Å². The van der Waals surface area contributed by atoms with Crippen molar-refractivity contribution in [2.75, 3.05) is 6.61 Å². The van der Waals surface area contributed by atoms with E-state index in [9.17, 15) is 5.11 Å². The fraction of sp³-hybridized carbons (Fsp3) is 0.125. The highest BCUT2D eigenvalue weighted by molar-refractivity contribution is 5.79. The van der Waals surface area contributed by atoms with Crippen molar-refractivity contribution < 1.29 is 5.11 Å². The van der Waals surface area contributed by atoms with Gasteiger partial charge in [0.1, 0.15) is 11.4 Å². The highest BCUT2D eigenvalue weighted by Gasteiger charge is 2.14. The highest BCUT2D eigenvalue weighted by atomic mass is 16.2. The molecule has 100 valence electrons. The molecular formula is C16H15N3O. The SMILES string of the molecule is OCCc1ccccc1-c1n[nH]nc1-c1ccccc1. The van der Waals surface area contributed by atoms with Crippen LogP contribution in [0.2, 0.25) is 0 Å². The van der Waals surface area contributed by atoms with E-state index in [0.29, 0.717) is 6.42 Å². The van der Waals surface area contributed by atoms with Gasteiger partial charge in [-0.3, -0.25) is 0 Å². The normalized spacial score (nSPS) is 10.7. The minimum Gasteiger partial charge on any atom is -0.396 e. The average Bonchev–Trinajstić information content (AvgIpc) is 2.98. The van der Waals surface area contributed by atoms with Crippen molar-refractivity contribution in [3.8, 4) is 22.5 Å². The summed E-state index contributed by atoms with van der Waals surface area (Å²) in [7, 11) is 0. The minimum atomic E-state index is 0.121. The maximum Gasteiger partial charge on any atom is 0.121 e. The van der Waals surface area contributed by atoms with Crippen LogP contribution in [0, 0.1) is 0 Å². The molecule has 0 spiro atoms. The summed E-state index contributed by atoms with van der Waals surface area (Å²) in [5.41, 5.74) is 4.75. The van der Waals surface area contributed by atoms with Gasteiger partial charge in [0, 0.05) is 17.7 Å². The molecule has 4 nitrogen and oxygen atoms in total. The summed E-state index contributed by atoms with van der Waals surface area (Å²) in [6, 6.07) is 17.9. The Labute approximate surface area is 117 Å². The lowest BCUT2D eigenvalue weighted by molar-refractivity contribution is 0.300. The third kappa shape index (κ3) is 2.33. The number of aliphatic hydroxyl groups is 1. The topological polar surface area (TPSA) is 61.8 Å². The first kappa shape index (κ1) is 12.6. The second-order valence-electron chi connectivity index (χ2n) is 4.52. The molecule has 3 aromatic rings. The molecule has 0 radical (unpaired) electrons. The molecule has 0 fully saturated rings. The van der Waals surface area contributed by atoms with E-state index in [1.54, 1.807) is 0 Å². The van der Waals surface area contributed by atoms with Crippen LogP contribution >= 0.6 is 0 Å². The van der Waals surface area contributed by atoms with Gasteiger partial charge in [0.25, 0.3) is 0 Å². The first-order valence-corrected chi connectivity index (χ1v) is 6.55. The van der Waals surface area contributed by atoms with E-state index in [2.05, 4.69) is 15.4 Å². The van der Waals surface area contributed by atoms with Crippen LogP contribution in [0.3, 0.4) is 0 Å². The second kappa shape index (κ2) is 5.67. The first-order chi connectivity index (χ1) is 9.90. The molecule has 0 unspecified atom stereocenters. The van der Waals surface area contributed by atoms with Gasteiger partial charge >= 0.3 is 0 Å². The van der Waals surface area contributed by atoms with Gasteiger partial charge in [0.15, 0.2) is 0 Å². The molecule has 0 aliphatic carbocycles. The van der Waals surface area contributed by atoms with E-state index in [1.165, 1.54) is 0 Å². The molecule has 0 aliphatic rings. The first-order valence-electron chi connectivity index (χ1n) is 6.55. The molecule has 0 atom stereocenters. The van der Waals surface area contributed by atoms with E-state index < -0.39 is 0 Å². The van der Waals surface area contributed by atoms with Crippen molar-refractivity contribution in [2.24, 2.45) is 0 Å². The lowest BCUT2D eigenvalue weighted by atomic mass is 9.99. The number of aliphatic hydroxyl groups excluding tert-OH is 1. The van der Waals surface area contributed by atoms with Gasteiger partial charge in [-0.05, 0) is 12.0 Å². The van der Waals surface area contributed by atoms with Crippen molar-refractivity contribution in [3.63, 3.8) is 0 Å². The average molecular weight is 265 g/mol. The molecule has 20 heavy (non-hydrogen) atoms. The predicted octanol–water partition coefficient (Wildman–Crippen LogP) is 2.67. The third-order valence-corrected chi connectivity index (χ3v) is 3.25. The number of rotatable bonds is 4. The fourth-order valence-corrected chi connectivity index (χ4v) is 2.31. The monoisotopic (exact) mass is 265 g/mol. The number of hydrogen-bond donors (Lipinski definition) is 2. The molecule has 0 saturated carbocycles. The predicted molar refractivity (Wildman–Crippen MR) is 78.0 cm³/mol. The maximum atomic E-state index is 9.18. The molecule has 1 aromatic heterocycles. The van der Waals surface area contributed by atoms with Gasteiger partial charge in [-0.25, -0.2) is 0 Å². The number of H-pyrrole nitrogens is 1. The molecule has 0 bridgehead atoms. The third-order valence-electron chi connectivity index (χ3n) is 3.25. The Morgan fingerprint density at radius 2 is 1.55 bits per heavy atom. The van der Waals surface area contributed by atoms with Crippen LogP contribution < -0.4 is 0 Å². The van der Waals surface area contributed by atoms with E-state index in [4.69, 9.17) is 0 Å². The van der Waals surface area contributed by atoms with Gasteiger partial charge < -0.3 is 5.11 Å². The number of nitrogens with zero attached hydrogens (tertiary/aromatic N) is 2. The molecule has 2 N–H and O–H groups in total. The van der Waals surface area contributed by atoms with Crippen LogP contribution in [0.15, 0.2) is 54.6 Å². The number of aromatic amines is 1. The van der Waals surface area contributed by atoms with E-state index in [-0.39, 0.29) is 6.61 Å². The number of nitrogens with one attached hydrogen (secondary N) is 1. The van der Waals surface area contributed by atoms with Gasteiger partial charge in [0.05, 0.1) is 0 Å². The van der Waals surface area contributed by atoms with Crippen molar-refractivity contribution in [2.45, 2.75) is 6.42 Å².